The Hall–Kier alpha value is -2.17. The zero-order valence-electron chi connectivity index (χ0n) is 9.11. The highest BCUT2D eigenvalue weighted by atomic mass is 16.4. The molecule has 0 radical (unpaired) electrons. The Balaban J connectivity index is 2.27. The number of pyridine rings is 1. The van der Waals surface area contributed by atoms with Crippen LogP contribution in [0.3, 0.4) is 0 Å². The molecule has 88 valence electrons. The molecule has 1 fully saturated rings. The largest absolute Gasteiger partial charge is 0.480 e. The van der Waals surface area contributed by atoms with Gasteiger partial charge in [0.15, 0.2) is 0 Å². The van der Waals surface area contributed by atoms with E-state index >= 15 is 0 Å². The third-order valence-electron chi connectivity index (χ3n) is 2.78. The van der Waals surface area contributed by atoms with Gasteiger partial charge in [0, 0.05) is 6.20 Å². The van der Waals surface area contributed by atoms with Gasteiger partial charge < -0.3 is 5.11 Å². The fourth-order valence-electron chi connectivity index (χ4n) is 1.99. The smallest absolute Gasteiger partial charge is 0.327 e. The number of carbonyl (C=O) groups excluding carboxylic acids is 1. The molecule has 1 aromatic heterocycles. The number of hydrogen-bond acceptors (Lipinski definition) is 3. The van der Waals surface area contributed by atoms with Crippen molar-refractivity contribution in [1.29, 1.82) is 0 Å². The van der Waals surface area contributed by atoms with Crippen molar-refractivity contribution in [3.05, 3.63) is 37.1 Å². The Kier molecular flexibility index (Phi) is 2.91. The number of hydrogen-bond donors (Lipinski definition) is 1. The minimum atomic E-state index is -1.01. The van der Waals surface area contributed by atoms with E-state index in [2.05, 4.69) is 11.6 Å². The van der Waals surface area contributed by atoms with E-state index in [-0.39, 0.29) is 5.91 Å². The maximum Gasteiger partial charge on any atom is 0.327 e. The van der Waals surface area contributed by atoms with Crippen molar-refractivity contribution in [3.8, 4) is 0 Å². The summed E-state index contributed by atoms with van der Waals surface area (Å²) in [5, 5.41) is 9.12. The van der Waals surface area contributed by atoms with Crippen molar-refractivity contribution < 1.29 is 14.7 Å². The van der Waals surface area contributed by atoms with Crippen LogP contribution in [0.1, 0.15) is 6.42 Å². The lowest BCUT2D eigenvalue weighted by Crippen LogP contribution is -2.64. The molecular formula is C12H12N2O3. The van der Waals surface area contributed by atoms with Crippen molar-refractivity contribution in [2.75, 3.05) is 4.90 Å². The van der Waals surface area contributed by atoms with E-state index < -0.39 is 17.9 Å². The molecule has 1 saturated heterocycles. The highest BCUT2D eigenvalue weighted by Crippen LogP contribution is 2.33. The van der Waals surface area contributed by atoms with Crippen molar-refractivity contribution >= 4 is 17.7 Å². The van der Waals surface area contributed by atoms with Gasteiger partial charge in [-0.1, -0.05) is 12.1 Å². The molecule has 1 aliphatic heterocycles. The molecule has 0 bridgehead atoms. The van der Waals surface area contributed by atoms with Crippen LogP contribution < -0.4 is 4.90 Å². The summed E-state index contributed by atoms with van der Waals surface area (Å²) < 4.78 is 0. The Bertz CT molecular complexity index is 458. The fourth-order valence-corrected chi connectivity index (χ4v) is 1.99. The first-order chi connectivity index (χ1) is 8.16. The van der Waals surface area contributed by atoms with Gasteiger partial charge >= 0.3 is 5.97 Å². The number of carbonyl (C=O) groups is 2. The van der Waals surface area contributed by atoms with Crippen LogP contribution in [0.25, 0.3) is 0 Å². The summed E-state index contributed by atoms with van der Waals surface area (Å²) in [6.45, 7) is 3.53. The number of nitrogens with zero attached hydrogens (tertiary/aromatic N) is 2. The predicted octanol–water partition coefficient (Wildman–Crippen LogP) is 1.07. The van der Waals surface area contributed by atoms with Gasteiger partial charge in [0.1, 0.15) is 11.9 Å². The van der Waals surface area contributed by atoms with Crippen LogP contribution in [0.5, 0.6) is 0 Å². The van der Waals surface area contributed by atoms with Gasteiger partial charge in [-0.15, -0.1) is 6.58 Å². The molecule has 0 aliphatic carbocycles. The van der Waals surface area contributed by atoms with Gasteiger partial charge in [-0.05, 0) is 18.6 Å². The molecule has 1 amide bonds. The molecule has 2 rings (SSSR count). The second-order valence-corrected chi connectivity index (χ2v) is 3.81. The van der Waals surface area contributed by atoms with Gasteiger partial charge in [0.05, 0.1) is 5.92 Å². The molecule has 0 spiro atoms. The van der Waals surface area contributed by atoms with Crippen molar-refractivity contribution in [2.45, 2.75) is 12.5 Å². The van der Waals surface area contributed by atoms with E-state index in [1.54, 1.807) is 24.3 Å². The van der Waals surface area contributed by atoms with E-state index in [1.165, 1.54) is 11.1 Å². The molecule has 1 aromatic rings. The number of carboxylic acid groups (broad SMARTS) is 1. The Morgan fingerprint density at radius 3 is 2.88 bits per heavy atom. The van der Waals surface area contributed by atoms with Gasteiger partial charge in [-0.3, -0.25) is 9.69 Å². The summed E-state index contributed by atoms with van der Waals surface area (Å²) in [6.07, 6.45) is 3.47. The Labute approximate surface area is 98.4 Å². The van der Waals surface area contributed by atoms with Crippen LogP contribution in [0.4, 0.5) is 5.82 Å². The minimum absolute atomic E-state index is 0.212. The summed E-state index contributed by atoms with van der Waals surface area (Å²) in [5.41, 5.74) is 0. The molecule has 0 saturated carbocycles. The van der Waals surface area contributed by atoms with Crippen LogP contribution in [-0.4, -0.2) is 28.0 Å². The number of anilines is 1. The van der Waals surface area contributed by atoms with Crippen LogP contribution in [0.2, 0.25) is 0 Å². The number of carboxylic acids is 1. The van der Waals surface area contributed by atoms with Crippen LogP contribution >= 0.6 is 0 Å². The summed E-state index contributed by atoms with van der Waals surface area (Å²) in [5.74, 6) is -1.37. The molecule has 1 aliphatic rings. The summed E-state index contributed by atoms with van der Waals surface area (Å²) >= 11 is 0. The van der Waals surface area contributed by atoms with Crippen molar-refractivity contribution in [2.24, 2.45) is 5.92 Å². The monoisotopic (exact) mass is 232 g/mol. The number of rotatable bonds is 4. The van der Waals surface area contributed by atoms with Gasteiger partial charge in [-0.25, -0.2) is 9.78 Å². The van der Waals surface area contributed by atoms with Crippen LogP contribution in [0, 0.1) is 5.92 Å². The third kappa shape index (κ3) is 1.80. The summed E-state index contributed by atoms with van der Waals surface area (Å²) in [7, 11) is 0. The molecule has 2 atom stereocenters. The zero-order chi connectivity index (χ0) is 12.4. The molecule has 2 unspecified atom stereocenters. The minimum Gasteiger partial charge on any atom is -0.480 e. The quantitative estimate of drug-likeness (QED) is 0.622. The molecule has 17 heavy (non-hydrogen) atoms. The average molecular weight is 232 g/mol. The highest BCUT2D eigenvalue weighted by Gasteiger charge is 2.52. The number of β-lactam (4-membered cyclic amide) rings is 1. The summed E-state index contributed by atoms with van der Waals surface area (Å²) in [6, 6.07) is 4.22. The first kappa shape index (κ1) is 11.3. The SMILES string of the molecule is C=CCC1C(=O)N(c2ccccn2)C1C(=O)O. The zero-order valence-corrected chi connectivity index (χ0v) is 9.11. The second kappa shape index (κ2) is 4.37. The van der Waals surface area contributed by atoms with Gasteiger partial charge in [-0.2, -0.15) is 0 Å². The lowest BCUT2D eigenvalue weighted by atomic mass is 9.84. The second-order valence-electron chi connectivity index (χ2n) is 3.81. The van der Waals surface area contributed by atoms with Crippen LogP contribution in [0.15, 0.2) is 37.1 Å². The first-order valence-corrected chi connectivity index (χ1v) is 5.24. The first-order valence-electron chi connectivity index (χ1n) is 5.24. The standard InChI is InChI=1S/C12H12N2O3/c1-2-5-8-10(12(16)17)14(11(8)15)9-6-3-4-7-13-9/h2-4,6-8,10H,1,5H2,(H,16,17). The molecule has 2 heterocycles. The number of aliphatic carboxylic acids is 1. The molecule has 5 heteroatoms. The Morgan fingerprint density at radius 2 is 2.35 bits per heavy atom. The summed E-state index contributed by atoms with van der Waals surface area (Å²) in [4.78, 5) is 28.2. The third-order valence-corrected chi connectivity index (χ3v) is 2.78. The van der Waals surface area contributed by atoms with Crippen molar-refractivity contribution in [1.82, 2.24) is 4.98 Å². The maximum absolute atomic E-state index is 11.8. The molecule has 0 aromatic carbocycles. The van der Waals surface area contributed by atoms with Crippen LogP contribution in [-0.2, 0) is 9.59 Å². The van der Waals surface area contributed by atoms with Gasteiger partial charge in [0.2, 0.25) is 5.91 Å². The average Bonchev–Trinajstić information content (AvgIpc) is 2.33. The predicted molar refractivity (Wildman–Crippen MR) is 61.5 cm³/mol. The van der Waals surface area contributed by atoms with E-state index in [1.807, 2.05) is 0 Å². The number of amides is 1. The van der Waals surface area contributed by atoms with E-state index in [0.717, 1.165) is 0 Å². The van der Waals surface area contributed by atoms with E-state index in [9.17, 15) is 9.59 Å². The topological polar surface area (TPSA) is 70.5 Å². The van der Waals surface area contributed by atoms with Gasteiger partial charge in [0.25, 0.3) is 0 Å². The number of aromatic nitrogens is 1. The molecule has 1 N–H and O–H groups in total. The lowest BCUT2D eigenvalue weighted by molar-refractivity contribution is -0.149. The molecule has 5 nitrogen and oxygen atoms in total. The fraction of sp³-hybridized carbons (Fsp3) is 0.250. The highest BCUT2D eigenvalue weighted by molar-refractivity contribution is 6.09. The maximum atomic E-state index is 11.8. The lowest BCUT2D eigenvalue weighted by Gasteiger charge is -2.43. The Morgan fingerprint density at radius 1 is 1.59 bits per heavy atom. The van der Waals surface area contributed by atoms with Crippen molar-refractivity contribution in [3.63, 3.8) is 0 Å². The number of allylic oxidation sites excluding steroid dienone is 1. The van der Waals surface area contributed by atoms with E-state index in [4.69, 9.17) is 5.11 Å². The van der Waals surface area contributed by atoms with E-state index in [0.29, 0.717) is 12.2 Å². The molecular weight excluding hydrogens is 220 g/mol. The normalized spacial score (nSPS) is 23.1.